The Morgan fingerprint density at radius 2 is 1.18 bits per heavy atom. The molecule has 1 aliphatic rings. The molecule has 44 heavy (non-hydrogen) atoms. The van der Waals surface area contributed by atoms with Crippen LogP contribution in [0.15, 0.2) is 130 Å². The van der Waals surface area contributed by atoms with Gasteiger partial charge in [-0.25, -0.2) is 4.98 Å². The third-order valence-corrected chi connectivity index (χ3v) is 9.63. The zero-order valence-electron chi connectivity index (χ0n) is 24.3. The van der Waals surface area contributed by atoms with Gasteiger partial charge in [-0.1, -0.05) is 80.6 Å². The van der Waals surface area contributed by atoms with Crippen molar-refractivity contribution < 1.29 is 8.83 Å². The van der Waals surface area contributed by atoms with Crippen molar-refractivity contribution in [3.05, 3.63) is 133 Å². The van der Waals surface area contributed by atoms with E-state index in [1.165, 1.54) is 22.3 Å². The SMILES string of the molecule is CC1(C)c2cc(-c3cn4ccccc4n3)ccc2-c2ccc(-c3c4oc5ccccc5c4cc4c3oc3ccccc34)cc21. The standard InChI is InChI=1S/C40H26N2O2/c1-40(2)31-19-23(33-22-42-18-8-7-13-36(42)41-33)14-16-25(31)26-17-15-24(20-32(26)40)37-38-29(27-9-3-5-11-34(27)43-38)21-30-28-10-4-6-12-35(28)44-39(30)37/h3-22H,1-2H3. The Kier molecular flexibility index (Phi) is 4.49. The van der Waals surface area contributed by atoms with Crippen LogP contribution in [0.2, 0.25) is 0 Å². The van der Waals surface area contributed by atoms with Crippen LogP contribution >= 0.6 is 0 Å². The molecular formula is C40H26N2O2. The summed E-state index contributed by atoms with van der Waals surface area (Å²) in [6.07, 6.45) is 4.15. The fraction of sp³-hybridized carbons (Fsp3) is 0.0750. The summed E-state index contributed by atoms with van der Waals surface area (Å²) in [6, 6.07) is 38.6. The lowest BCUT2D eigenvalue weighted by Crippen LogP contribution is -2.15. The molecule has 0 N–H and O–H groups in total. The normalized spacial score (nSPS) is 13.9. The average molecular weight is 567 g/mol. The molecule has 0 fully saturated rings. The van der Waals surface area contributed by atoms with Crippen molar-refractivity contribution in [2.24, 2.45) is 0 Å². The van der Waals surface area contributed by atoms with Crippen molar-refractivity contribution in [2.75, 3.05) is 0 Å². The summed E-state index contributed by atoms with van der Waals surface area (Å²) in [5, 5.41) is 4.44. The van der Waals surface area contributed by atoms with Gasteiger partial charge in [-0.2, -0.15) is 0 Å². The predicted octanol–water partition coefficient (Wildman–Crippen LogP) is 10.8. The molecule has 9 aromatic rings. The number of hydrogen-bond donors (Lipinski definition) is 0. The van der Waals surface area contributed by atoms with E-state index in [2.05, 4.69) is 91.2 Å². The number of para-hydroxylation sites is 2. The first-order valence-electron chi connectivity index (χ1n) is 15.0. The molecule has 0 unspecified atom stereocenters. The van der Waals surface area contributed by atoms with Crippen LogP contribution in [-0.4, -0.2) is 9.38 Å². The molecule has 0 saturated carbocycles. The Labute approximate surface area is 252 Å². The Balaban J connectivity index is 1.20. The molecule has 4 nitrogen and oxygen atoms in total. The first-order chi connectivity index (χ1) is 21.5. The summed E-state index contributed by atoms with van der Waals surface area (Å²) in [6.45, 7) is 4.65. The van der Waals surface area contributed by atoms with Crippen molar-refractivity contribution in [3.8, 4) is 33.5 Å². The van der Waals surface area contributed by atoms with Crippen LogP contribution in [0.3, 0.4) is 0 Å². The lowest BCUT2D eigenvalue weighted by atomic mass is 9.81. The maximum Gasteiger partial charge on any atom is 0.147 e. The molecule has 0 spiro atoms. The maximum absolute atomic E-state index is 6.60. The number of benzene rings is 5. The minimum atomic E-state index is -0.204. The van der Waals surface area contributed by atoms with E-state index in [4.69, 9.17) is 13.8 Å². The van der Waals surface area contributed by atoms with Gasteiger partial charge in [0.25, 0.3) is 0 Å². The van der Waals surface area contributed by atoms with E-state index in [-0.39, 0.29) is 5.41 Å². The van der Waals surface area contributed by atoms with Crippen LogP contribution < -0.4 is 0 Å². The van der Waals surface area contributed by atoms with E-state index in [1.807, 2.05) is 48.7 Å². The van der Waals surface area contributed by atoms with Gasteiger partial charge in [-0.15, -0.1) is 0 Å². The van der Waals surface area contributed by atoms with Crippen molar-refractivity contribution in [2.45, 2.75) is 19.3 Å². The quantitative estimate of drug-likeness (QED) is 0.209. The highest BCUT2D eigenvalue weighted by Gasteiger charge is 2.36. The van der Waals surface area contributed by atoms with E-state index in [1.54, 1.807) is 0 Å². The molecular weight excluding hydrogens is 540 g/mol. The van der Waals surface area contributed by atoms with Crippen molar-refractivity contribution >= 4 is 49.5 Å². The van der Waals surface area contributed by atoms with Gasteiger partial charge in [0.15, 0.2) is 0 Å². The van der Waals surface area contributed by atoms with E-state index in [0.29, 0.717) is 0 Å². The fourth-order valence-corrected chi connectivity index (χ4v) is 7.42. The van der Waals surface area contributed by atoms with Crippen LogP contribution in [0.25, 0.3) is 83.0 Å². The molecule has 0 saturated heterocycles. The fourth-order valence-electron chi connectivity index (χ4n) is 7.42. The first-order valence-corrected chi connectivity index (χ1v) is 15.0. The zero-order chi connectivity index (χ0) is 29.2. The van der Waals surface area contributed by atoms with Crippen molar-refractivity contribution in [1.82, 2.24) is 9.38 Å². The van der Waals surface area contributed by atoms with Gasteiger partial charge < -0.3 is 13.2 Å². The summed E-state index contributed by atoms with van der Waals surface area (Å²) in [5.41, 5.74) is 13.6. The minimum absolute atomic E-state index is 0.204. The van der Waals surface area contributed by atoms with Gasteiger partial charge in [-0.3, -0.25) is 0 Å². The molecule has 208 valence electrons. The summed E-state index contributed by atoms with van der Waals surface area (Å²) in [4.78, 5) is 4.90. The van der Waals surface area contributed by atoms with Crippen LogP contribution in [0.5, 0.6) is 0 Å². The zero-order valence-corrected chi connectivity index (χ0v) is 24.3. The van der Waals surface area contributed by atoms with Gasteiger partial charge in [-0.05, 0) is 70.3 Å². The average Bonchev–Trinajstić information content (AvgIpc) is 3.80. The molecule has 5 aromatic carbocycles. The molecule has 10 rings (SSSR count). The van der Waals surface area contributed by atoms with Gasteiger partial charge >= 0.3 is 0 Å². The summed E-state index contributed by atoms with van der Waals surface area (Å²) in [5.74, 6) is 0. The Bertz CT molecular complexity index is 2530. The highest BCUT2D eigenvalue weighted by Crippen LogP contribution is 2.52. The van der Waals surface area contributed by atoms with E-state index < -0.39 is 0 Å². The smallest absolute Gasteiger partial charge is 0.147 e. The first kappa shape index (κ1) is 23.9. The van der Waals surface area contributed by atoms with Crippen LogP contribution in [0.4, 0.5) is 0 Å². The van der Waals surface area contributed by atoms with Crippen molar-refractivity contribution in [1.29, 1.82) is 0 Å². The number of rotatable bonds is 2. The number of imidazole rings is 1. The van der Waals surface area contributed by atoms with E-state index in [0.717, 1.165) is 71.9 Å². The van der Waals surface area contributed by atoms with Crippen molar-refractivity contribution in [3.63, 3.8) is 0 Å². The number of hydrogen-bond acceptors (Lipinski definition) is 3. The van der Waals surface area contributed by atoms with Crippen LogP contribution in [0.1, 0.15) is 25.0 Å². The Hall–Kier alpha value is -5.61. The minimum Gasteiger partial charge on any atom is -0.455 e. The Morgan fingerprint density at radius 1 is 0.591 bits per heavy atom. The van der Waals surface area contributed by atoms with Gasteiger partial charge in [0.05, 0.1) is 11.3 Å². The number of furan rings is 2. The molecule has 4 aromatic heterocycles. The maximum atomic E-state index is 6.60. The second kappa shape index (κ2) is 8.27. The van der Waals surface area contributed by atoms with Gasteiger partial charge in [0.2, 0.25) is 0 Å². The molecule has 0 atom stereocenters. The van der Waals surface area contributed by atoms with E-state index in [9.17, 15) is 0 Å². The van der Waals surface area contributed by atoms with E-state index >= 15 is 0 Å². The van der Waals surface area contributed by atoms with Crippen LogP contribution in [0, 0.1) is 0 Å². The third-order valence-electron chi connectivity index (χ3n) is 9.63. The molecule has 4 heteroatoms. The summed E-state index contributed by atoms with van der Waals surface area (Å²) >= 11 is 0. The molecule has 4 heterocycles. The third kappa shape index (κ3) is 3.09. The predicted molar refractivity (Wildman–Crippen MR) is 178 cm³/mol. The molecule has 0 radical (unpaired) electrons. The number of pyridine rings is 1. The summed E-state index contributed by atoms with van der Waals surface area (Å²) in [7, 11) is 0. The number of aromatic nitrogens is 2. The largest absolute Gasteiger partial charge is 0.455 e. The molecule has 1 aliphatic carbocycles. The number of nitrogens with zero attached hydrogens (tertiary/aromatic N) is 2. The summed E-state index contributed by atoms with van der Waals surface area (Å²) < 4.78 is 15.3. The van der Waals surface area contributed by atoms with Gasteiger partial charge in [0, 0.05) is 44.9 Å². The second-order valence-corrected chi connectivity index (χ2v) is 12.4. The highest BCUT2D eigenvalue weighted by atomic mass is 16.3. The van der Waals surface area contributed by atoms with Gasteiger partial charge in [0.1, 0.15) is 28.0 Å². The van der Waals surface area contributed by atoms with Crippen LogP contribution in [-0.2, 0) is 5.41 Å². The molecule has 0 bridgehead atoms. The monoisotopic (exact) mass is 566 g/mol. The lowest BCUT2D eigenvalue weighted by molar-refractivity contribution is 0.656. The Morgan fingerprint density at radius 3 is 1.84 bits per heavy atom. The second-order valence-electron chi connectivity index (χ2n) is 12.4. The topological polar surface area (TPSA) is 43.6 Å². The number of fused-ring (bicyclic) bond motifs is 10. The lowest BCUT2D eigenvalue weighted by Gasteiger charge is -2.22. The molecule has 0 aliphatic heterocycles. The molecule has 0 amide bonds. The highest BCUT2D eigenvalue weighted by molar-refractivity contribution is 6.22.